The Morgan fingerprint density at radius 1 is 1.30 bits per heavy atom. The number of carboxylic acids is 1. The topological polar surface area (TPSA) is 130 Å². The standard InChI is InChI=1S/C18H23N5O4/c1-3-11-9-15(24)21-18(19-11)23-14(8-10(2)22-23)20-16(25)12-6-4-5-7-13(12)17(26)27/h8-9,12-13H,3-7H2,1-2H3,(H,20,25)(H,26,27)(H,19,21,24)/t12-,13-/m1/s1. The number of aromatic nitrogens is 4. The number of hydrogen-bond donors (Lipinski definition) is 3. The Balaban J connectivity index is 1.90. The Morgan fingerprint density at radius 3 is 2.67 bits per heavy atom. The molecule has 27 heavy (non-hydrogen) atoms. The number of amides is 1. The van der Waals surface area contributed by atoms with Crippen molar-refractivity contribution in [2.24, 2.45) is 11.8 Å². The van der Waals surface area contributed by atoms with Crippen LogP contribution in [0.15, 0.2) is 16.9 Å². The minimum atomic E-state index is -0.943. The number of hydrogen-bond acceptors (Lipinski definition) is 5. The second-order valence-electron chi connectivity index (χ2n) is 6.82. The van der Waals surface area contributed by atoms with Gasteiger partial charge in [-0.25, -0.2) is 4.98 Å². The van der Waals surface area contributed by atoms with Crippen molar-refractivity contribution in [1.29, 1.82) is 0 Å². The van der Waals surface area contributed by atoms with E-state index in [0.717, 1.165) is 12.8 Å². The molecule has 0 unspecified atom stereocenters. The summed E-state index contributed by atoms with van der Waals surface area (Å²) in [5.74, 6) is -2.00. The van der Waals surface area contributed by atoms with Gasteiger partial charge >= 0.3 is 5.97 Å². The van der Waals surface area contributed by atoms with Crippen LogP contribution in [0, 0.1) is 18.8 Å². The lowest BCUT2D eigenvalue weighted by Crippen LogP contribution is -2.36. The number of aromatic amines is 1. The van der Waals surface area contributed by atoms with E-state index in [0.29, 0.717) is 36.5 Å². The summed E-state index contributed by atoms with van der Waals surface area (Å²) < 4.78 is 1.37. The summed E-state index contributed by atoms with van der Waals surface area (Å²) >= 11 is 0. The molecule has 0 radical (unpaired) electrons. The van der Waals surface area contributed by atoms with Crippen molar-refractivity contribution in [3.63, 3.8) is 0 Å². The van der Waals surface area contributed by atoms with Crippen LogP contribution >= 0.6 is 0 Å². The molecule has 0 spiro atoms. The lowest BCUT2D eigenvalue weighted by atomic mass is 9.79. The maximum absolute atomic E-state index is 12.8. The summed E-state index contributed by atoms with van der Waals surface area (Å²) in [7, 11) is 0. The number of H-pyrrole nitrogens is 1. The van der Waals surface area contributed by atoms with Gasteiger partial charge < -0.3 is 10.4 Å². The predicted molar refractivity (Wildman–Crippen MR) is 97.8 cm³/mol. The van der Waals surface area contributed by atoms with E-state index in [9.17, 15) is 19.5 Å². The molecule has 0 aliphatic heterocycles. The number of nitrogens with zero attached hydrogens (tertiary/aromatic N) is 3. The lowest BCUT2D eigenvalue weighted by Gasteiger charge is -2.27. The van der Waals surface area contributed by atoms with Crippen LogP contribution in [0.5, 0.6) is 0 Å². The molecular formula is C18H23N5O4. The van der Waals surface area contributed by atoms with Gasteiger partial charge in [0, 0.05) is 17.8 Å². The van der Waals surface area contributed by atoms with Crippen LogP contribution in [-0.2, 0) is 16.0 Å². The van der Waals surface area contributed by atoms with Gasteiger partial charge in [-0.05, 0) is 26.2 Å². The van der Waals surface area contributed by atoms with Gasteiger partial charge in [-0.1, -0.05) is 19.8 Å². The summed E-state index contributed by atoms with van der Waals surface area (Å²) in [5, 5.41) is 16.5. The zero-order chi connectivity index (χ0) is 19.6. The van der Waals surface area contributed by atoms with Gasteiger partial charge in [-0.2, -0.15) is 9.78 Å². The number of aryl methyl sites for hydroxylation is 2. The van der Waals surface area contributed by atoms with Crippen molar-refractivity contribution in [3.05, 3.63) is 33.9 Å². The molecular weight excluding hydrogens is 350 g/mol. The van der Waals surface area contributed by atoms with E-state index < -0.39 is 17.8 Å². The van der Waals surface area contributed by atoms with Crippen molar-refractivity contribution in [1.82, 2.24) is 19.7 Å². The highest BCUT2D eigenvalue weighted by atomic mass is 16.4. The van der Waals surface area contributed by atoms with E-state index in [2.05, 4.69) is 20.4 Å². The van der Waals surface area contributed by atoms with E-state index in [-0.39, 0.29) is 17.4 Å². The third-order valence-corrected chi connectivity index (χ3v) is 4.85. The Morgan fingerprint density at radius 2 is 2.00 bits per heavy atom. The Hall–Kier alpha value is -2.97. The summed E-state index contributed by atoms with van der Waals surface area (Å²) in [6.07, 6.45) is 3.26. The molecule has 9 heteroatoms. The minimum absolute atomic E-state index is 0.209. The first-order valence-electron chi connectivity index (χ1n) is 9.10. The van der Waals surface area contributed by atoms with Crippen LogP contribution in [0.1, 0.15) is 44.0 Å². The minimum Gasteiger partial charge on any atom is -0.481 e. The number of carbonyl (C=O) groups excluding carboxylic acids is 1. The Kier molecular flexibility index (Phi) is 5.38. The van der Waals surface area contributed by atoms with Gasteiger partial charge in [0.15, 0.2) is 0 Å². The number of carboxylic acid groups (broad SMARTS) is 1. The number of rotatable bonds is 5. The van der Waals surface area contributed by atoms with Crippen LogP contribution in [0.25, 0.3) is 5.95 Å². The summed E-state index contributed by atoms with van der Waals surface area (Å²) in [4.78, 5) is 43.1. The monoisotopic (exact) mass is 373 g/mol. The molecule has 2 heterocycles. The van der Waals surface area contributed by atoms with Crippen LogP contribution in [0.3, 0.4) is 0 Å². The van der Waals surface area contributed by atoms with Crippen molar-refractivity contribution >= 4 is 17.7 Å². The van der Waals surface area contributed by atoms with Crippen molar-refractivity contribution in [3.8, 4) is 5.95 Å². The average molecular weight is 373 g/mol. The molecule has 1 aliphatic carbocycles. The number of carbonyl (C=O) groups is 2. The zero-order valence-corrected chi connectivity index (χ0v) is 15.4. The first-order chi connectivity index (χ1) is 12.9. The second kappa shape index (κ2) is 7.73. The largest absolute Gasteiger partial charge is 0.481 e. The summed E-state index contributed by atoms with van der Waals surface area (Å²) in [6, 6.07) is 3.08. The molecule has 1 saturated carbocycles. The van der Waals surface area contributed by atoms with Crippen LogP contribution < -0.4 is 10.9 Å². The average Bonchev–Trinajstić information content (AvgIpc) is 3.01. The maximum Gasteiger partial charge on any atom is 0.307 e. The quantitative estimate of drug-likeness (QED) is 0.731. The van der Waals surface area contributed by atoms with E-state index in [4.69, 9.17) is 0 Å². The third-order valence-electron chi connectivity index (χ3n) is 4.85. The van der Waals surface area contributed by atoms with Gasteiger partial charge in [0.2, 0.25) is 11.9 Å². The van der Waals surface area contributed by atoms with Crippen molar-refractivity contribution in [2.45, 2.75) is 46.0 Å². The highest BCUT2D eigenvalue weighted by Gasteiger charge is 2.36. The van der Waals surface area contributed by atoms with Crippen LogP contribution in [-0.4, -0.2) is 36.7 Å². The number of aliphatic carboxylic acids is 1. The summed E-state index contributed by atoms with van der Waals surface area (Å²) in [5.41, 5.74) is 0.936. The van der Waals surface area contributed by atoms with Gasteiger partial charge in [0.1, 0.15) is 5.82 Å². The molecule has 3 N–H and O–H groups in total. The smallest absolute Gasteiger partial charge is 0.307 e. The molecule has 2 aromatic heterocycles. The molecule has 9 nitrogen and oxygen atoms in total. The molecule has 1 amide bonds. The van der Waals surface area contributed by atoms with Crippen molar-refractivity contribution in [2.75, 3.05) is 5.32 Å². The third kappa shape index (κ3) is 4.07. The van der Waals surface area contributed by atoms with E-state index in [1.54, 1.807) is 13.0 Å². The fraction of sp³-hybridized carbons (Fsp3) is 0.500. The van der Waals surface area contributed by atoms with Crippen LogP contribution in [0.2, 0.25) is 0 Å². The van der Waals surface area contributed by atoms with Gasteiger partial charge in [-0.15, -0.1) is 0 Å². The second-order valence-corrected chi connectivity index (χ2v) is 6.82. The molecule has 2 atom stereocenters. The number of anilines is 1. The molecule has 0 saturated heterocycles. The first-order valence-corrected chi connectivity index (χ1v) is 9.10. The van der Waals surface area contributed by atoms with E-state index >= 15 is 0 Å². The van der Waals surface area contributed by atoms with Gasteiger partial charge in [0.05, 0.1) is 17.5 Å². The Labute approximate surface area is 155 Å². The fourth-order valence-electron chi connectivity index (χ4n) is 3.48. The molecule has 3 rings (SSSR count). The Bertz CT molecular complexity index is 917. The molecule has 0 bridgehead atoms. The van der Waals surface area contributed by atoms with Crippen molar-refractivity contribution < 1.29 is 14.7 Å². The normalized spacial score (nSPS) is 19.6. The van der Waals surface area contributed by atoms with E-state index in [1.165, 1.54) is 10.7 Å². The highest BCUT2D eigenvalue weighted by molar-refractivity contribution is 5.94. The molecule has 144 valence electrons. The van der Waals surface area contributed by atoms with Crippen LogP contribution in [0.4, 0.5) is 5.82 Å². The molecule has 0 aromatic carbocycles. The predicted octanol–water partition coefficient (Wildman–Crippen LogP) is 1.66. The lowest BCUT2D eigenvalue weighted by molar-refractivity contribution is -0.147. The molecule has 2 aromatic rings. The maximum atomic E-state index is 12.8. The zero-order valence-electron chi connectivity index (χ0n) is 15.4. The fourth-order valence-corrected chi connectivity index (χ4v) is 3.48. The highest BCUT2D eigenvalue weighted by Crippen LogP contribution is 2.31. The molecule has 1 aliphatic rings. The SMILES string of the molecule is CCc1cc(=O)[nH]c(-n2nc(C)cc2NC(=O)[C@@H]2CCCC[C@H]2C(=O)O)n1. The van der Waals surface area contributed by atoms with E-state index in [1.807, 2.05) is 6.92 Å². The van der Waals surface area contributed by atoms with Gasteiger partial charge in [-0.3, -0.25) is 19.4 Å². The number of nitrogens with one attached hydrogen (secondary N) is 2. The van der Waals surface area contributed by atoms with Gasteiger partial charge in [0.25, 0.3) is 5.56 Å². The first kappa shape index (κ1) is 18.8. The summed E-state index contributed by atoms with van der Waals surface area (Å²) in [6.45, 7) is 3.65. The molecule has 1 fully saturated rings.